The fourth-order valence-corrected chi connectivity index (χ4v) is 2.78. The molecule has 0 amide bonds. The predicted molar refractivity (Wildman–Crippen MR) is 82.9 cm³/mol. The lowest BCUT2D eigenvalue weighted by atomic mass is 10.1. The summed E-state index contributed by atoms with van der Waals surface area (Å²) in [5, 5.41) is 9.95. The van der Waals surface area contributed by atoms with Crippen LogP contribution in [0.2, 0.25) is 0 Å². The second-order valence-electron chi connectivity index (χ2n) is 6.44. The third-order valence-corrected chi connectivity index (χ3v) is 3.61. The number of hydrogen-bond donors (Lipinski definition) is 1. The van der Waals surface area contributed by atoms with Gasteiger partial charge in [-0.2, -0.15) is 4.98 Å². The van der Waals surface area contributed by atoms with Crippen molar-refractivity contribution in [1.82, 2.24) is 14.9 Å². The number of rotatable bonds is 4. The van der Waals surface area contributed by atoms with Crippen molar-refractivity contribution in [2.45, 2.75) is 39.3 Å². The molecule has 1 N–H and O–H groups in total. The van der Waals surface area contributed by atoms with Gasteiger partial charge in [-0.25, -0.2) is 4.98 Å². The van der Waals surface area contributed by atoms with E-state index in [1.807, 2.05) is 26.8 Å². The SMILES string of the molecule is COc1cc(C)nc(N2CCN(CC(C)(C)O)CC2C)n1. The van der Waals surface area contributed by atoms with Gasteiger partial charge in [0, 0.05) is 44.0 Å². The zero-order valence-electron chi connectivity index (χ0n) is 13.6. The number of anilines is 1. The highest BCUT2D eigenvalue weighted by Gasteiger charge is 2.28. The lowest BCUT2D eigenvalue weighted by molar-refractivity contribution is 0.0307. The summed E-state index contributed by atoms with van der Waals surface area (Å²) in [6, 6.07) is 2.13. The average molecular weight is 294 g/mol. The van der Waals surface area contributed by atoms with Crippen molar-refractivity contribution in [3.05, 3.63) is 11.8 Å². The summed E-state index contributed by atoms with van der Waals surface area (Å²) in [6.45, 7) is 11.1. The van der Waals surface area contributed by atoms with E-state index in [0.717, 1.165) is 31.3 Å². The van der Waals surface area contributed by atoms with Crippen LogP contribution in [0, 0.1) is 6.92 Å². The standard InChI is InChI=1S/C15H26N4O2/c1-11-8-13(21-5)17-14(16-11)19-7-6-18(9-12(19)2)10-15(3,4)20/h8,12,20H,6-7,9-10H2,1-5H3. The van der Waals surface area contributed by atoms with E-state index >= 15 is 0 Å². The minimum atomic E-state index is -0.662. The van der Waals surface area contributed by atoms with Crippen molar-refractivity contribution in [3.63, 3.8) is 0 Å². The molecule has 1 unspecified atom stereocenters. The summed E-state index contributed by atoms with van der Waals surface area (Å²) in [5.41, 5.74) is 0.244. The molecular weight excluding hydrogens is 268 g/mol. The maximum absolute atomic E-state index is 9.95. The van der Waals surface area contributed by atoms with Gasteiger partial charge in [0.05, 0.1) is 12.7 Å². The summed E-state index contributed by atoms with van der Waals surface area (Å²) < 4.78 is 5.23. The Morgan fingerprint density at radius 2 is 2.10 bits per heavy atom. The zero-order chi connectivity index (χ0) is 15.6. The van der Waals surface area contributed by atoms with Crippen molar-refractivity contribution in [3.8, 4) is 5.88 Å². The van der Waals surface area contributed by atoms with Crippen molar-refractivity contribution < 1.29 is 9.84 Å². The van der Waals surface area contributed by atoms with Crippen LogP contribution in [0.4, 0.5) is 5.95 Å². The normalized spacial score (nSPS) is 20.7. The van der Waals surface area contributed by atoms with Crippen LogP contribution in [-0.4, -0.2) is 64.9 Å². The molecule has 2 rings (SSSR count). The molecule has 6 heteroatoms. The van der Waals surface area contributed by atoms with Crippen LogP contribution < -0.4 is 9.64 Å². The number of aryl methyl sites for hydroxylation is 1. The number of ether oxygens (including phenoxy) is 1. The third-order valence-electron chi connectivity index (χ3n) is 3.61. The number of β-amino-alcohol motifs (C(OH)–C–C–N with tert-alkyl or cyclic N) is 1. The van der Waals surface area contributed by atoms with E-state index in [-0.39, 0.29) is 0 Å². The average Bonchev–Trinajstić information content (AvgIpc) is 2.36. The number of piperazine rings is 1. The number of aromatic nitrogens is 2. The molecular formula is C15H26N4O2. The molecule has 1 aliphatic rings. The predicted octanol–water partition coefficient (Wildman–Crippen LogP) is 1.08. The maximum Gasteiger partial charge on any atom is 0.229 e. The first kappa shape index (κ1) is 16.0. The van der Waals surface area contributed by atoms with Crippen molar-refractivity contribution in [1.29, 1.82) is 0 Å². The van der Waals surface area contributed by atoms with Crippen LogP contribution in [0.25, 0.3) is 0 Å². The minimum absolute atomic E-state index is 0.299. The monoisotopic (exact) mass is 294 g/mol. The van der Waals surface area contributed by atoms with Gasteiger partial charge >= 0.3 is 0 Å². The van der Waals surface area contributed by atoms with Crippen LogP contribution in [0.5, 0.6) is 5.88 Å². The summed E-state index contributed by atoms with van der Waals surface area (Å²) in [6.07, 6.45) is 0. The molecule has 1 aromatic rings. The minimum Gasteiger partial charge on any atom is -0.481 e. The Kier molecular flexibility index (Phi) is 4.68. The fourth-order valence-electron chi connectivity index (χ4n) is 2.78. The first-order chi connectivity index (χ1) is 9.78. The lowest BCUT2D eigenvalue weighted by Gasteiger charge is -2.41. The molecule has 2 heterocycles. The first-order valence-electron chi connectivity index (χ1n) is 7.39. The van der Waals surface area contributed by atoms with Crippen molar-refractivity contribution >= 4 is 5.95 Å². The van der Waals surface area contributed by atoms with Gasteiger partial charge in [0.15, 0.2) is 0 Å². The molecule has 1 aliphatic heterocycles. The lowest BCUT2D eigenvalue weighted by Crippen LogP contribution is -2.55. The molecule has 0 bridgehead atoms. The van der Waals surface area contributed by atoms with E-state index in [0.29, 0.717) is 18.5 Å². The van der Waals surface area contributed by atoms with Crippen LogP contribution in [0.3, 0.4) is 0 Å². The Labute approximate surface area is 126 Å². The highest BCUT2D eigenvalue weighted by molar-refractivity contribution is 5.36. The van der Waals surface area contributed by atoms with Crippen molar-refractivity contribution in [2.24, 2.45) is 0 Å². The largest absolute Gasteiger partial charge is 0.481 e. The first-order valence-corrected chi connectivity index (χ1v) is 7.39. The van der Waals surface area contributed by atoms with E-state index in [4.69, 9.17) is 4.74 Å². The molecule has 0 spiro atoms. The zero-order valence-corrected chi connectivity index (χ0v) is 13.6. The number of methoxy groups -OCH3 is 1. The summed E-state index contributed by atoms with van der Waals surface area (Å²) >= 11 is 0. The second kappa shape index (κ2) is 6.15. The van der Waals surface area contributed by atoms with Crippen LogP contribution in [0.15, 0.2) is 6.07 Å². The number of aliphatic hydroxyl groups is 1. The van der Waals surface area contributed by atoms with E-state index in [1.165, 1.54) is 0 Å². The van der Waals surface area contributed by atoms with Crippen LogP contribution in [0.1, 0.15) is 26.5 Å². The molecule has 1 aromatic heterocycles. The molecule has 0 aliphatic carbocycles. The van der Waals surface area contributed by atoms with E-state index < -0.39 is 5.60 Å². The van der Waals surface area contributed by atoms with Crippen LogP contribution >= 0.6 is 0 Å². The Morgan fingerprint density at radius 3 is 2.67 bits per heavy atom. The van der Waals surface area contributed by atoms with E-state index in [2.05, 4.69) is 26.7 Å². The quantitative estimate of drug-likeness (QED) is 0.896. The highest BCUT2D eigenvalue weighted by Crippen LogP contribution is 2.21. The fraction of sp³-hybridized carbons (Fsp3) is 0.733. The van der Waals surface area contributed by atoms with Gasteiger partial charge in [-0.05, 0) is 27.7 Å². The topological polar surface area (TPSA) is 61.7 Å². The highest BCUT2D eigenvalue weighted by atomic mass is 16.5. The van der Waals surface area contributed by atoms with Gasteiger partial charge in [0.2, 0.25) is 11.8 Å². The van der Waals surface area contributed by atoms with Gasteiger partial charge in [0.1, 0.15) is 0 Å². The van der Waals surface area contributed by atoms with E-state index in [9.17, 15) is 5.11 Å². The van der Waals surface area contributed by atoms with Gasteiger partial charge in [-0.15, -0.1) is 0 Å². The third kappa shape index (κ3) is 4.28. The van der Waals surface area contributed by atoms with Gasteiger partial charge in [-0.1, -0.05) is 0 Å². The van der Waals surface area contributed by atoms with Crippen LogP contribution in [-0.2, 0) is 0 Å². The molecule has 1 fully saturated rings. The molecule has 1 saturated heterocycles. The Balaban J connectivity index is 2.08. The van der Waals surface area contributed by atoms with Gasteiger partial charge in [0.25, 0.3) is 0 Å². The Bertz CT molecular complexity index is 487. The van der Waals surface area contributed by atoms with Gasteiger partial charge in [-0.3, -0.25) is 4.90 Å². The Hall–Kier alpha value is -1.40. The molecule has 6 nitrogen and oxygen atoms in total. The number of nitrogens with zero attached hydrogens (tertiary/aromatic N) is 4. The molecule has 0 aromatic carbocycles. The second-order valence-corrected chi connectivity index (χ2v) is 6.44. The van der Waals surface area contributed by atoms with E-state index in [1.54, 1.807) is 7.11 Å². The smallest absolute Gasteiger partial charge is 0.229 e. The summed E-state index contributed by atoms with van der Waals surface area (Å²) in [5.74, 6) is 1.32. The molecule has 1 atom stereocenters. The summed E-state index contributed by atoms with van der Waals surface area (Å²) in [4.78, 5) is 13.5. The molecule has 0 saturated carbocycles. The maximum atomic E-state index is 9.95. The number of hydrogen-bond acceptors (Lipinski definition) is 6. The molecule has 118 valence electrons. The molecule has 21 heavy (non-hydrogen) atoms. The molecule has 0 radical (unpaired) electrons. The Morgan fingerprint density at radius 1 is 1.38 bits per heavy atom. The summed E-state index contributed by atoms with van der Waals surface area (Å²) in [7, 11) is 1.62. The van der Waals surface area contributed by atoms with Gasteiger partial charge < -0.3 is 14.7 Å². The van der Waals surface area contributed by atoms with Crippen molar-refractivity contribution in [2.75, 3.05) is 38.2 Å².